The molecule has 0 aliphatic carbocycles. The molecule has 1 aliphatic rings. The van der Waals surface area contributed by atoms with Crippen molar-refractivity contribution in [3.63, 3.8) is 0 Å². The lowest BCUT2D eigenvalue weighted by atomic mass is 9.99. The first-order valence-corrected chi connectivity index (χ1v) is 12.9. The minimum Gasteiger partial charge on any atom is -0.494 e. The van der Waals surface area contributed by atoms with Gasteiger partial charge in [0.25, 0.3) is 15.8 Å². The van der Waals surface area contributed by atoms with Gasteiger partial charge in [-0.05, 0) is 30.7 Å². The summed E-state index contributed by atoms with van der Waals surface area (Å²) >= 11 is 0. The average molecular weight is 508 g/mol. The molecule has 2 aromatic carbocycles. The van der Waals surface area contributed by atoms with Crippen molar-refractivity contribution in [3.05, 3.63) is 40.4 Å². The predicted octanol–water partition coefficient (Wildman–Crippen LogP) is 2.93. The fourth-order valence-corrected chi connectivity index (χ4v) is 3.67. The zero-order chi connectivity index (χ0) is 25.6. The summed E-state index contributed by atoms with van der Waals surface area (Å²) in [4.78, 5) is 11.2. The molecule has 0 unspecified atom stereocenters. The number of aliphatic hydroxyl groups is 1. The van der Waals surface area contributed by atoms with Crippen LogP contribution in [0.2, 0.25) is 0 Å². The van der Waals surface area contributed by atoms with E-state index in [1.165, 1.54) is 6.07 Å². The lowest BCUT2D eigenvalue weighted by molar-refractivity contribution is -0.383. The summed E-state index contributed by atoms with van der Waals surface area (Å²) in [6.07, 6.45) is 2.75. The summed E-state index contributed by atoms with van der Waals surface area (Å²) < 4.78 is 33.6. The van der Waals surface area contributed by atoms with Gasteiger partial charge < -0.3 is 20.5 Å². The number of nitrogens with one attached hydrogen (secondary N) is 2. The topological polar surface area (TPSA) is 169 Å². The number of benzene rings is 2. The molecule has 1 aromatic heterocycles. The molecule has 0 amide bonds. The molecule has 35 heavy (non-hydrogen) atoms. The monoisotopic (exact) mass is 507 g/mol. The smallest absolute Gasteiger partial charge is 0.293 e. The number of nitro benzene ring substituents is 1. The standard InChI is InChI=1S/C21H25N5O4.CH4O3S/c1-2-3-12-30-14-4-5-16-15(13-14)20-19-17(25(24-20)10-8-22-9-11-27)6-7-18(26(28)29)21(19)23-16;1-5(2,3)4/h4-7,13,22-23,27H,2-3,8-12H2,1H3;1H3,(H,2,3,4). The third kappa shape index (κ3) is 6.66. The average Bonchev–Trinajstić information content (AvgIpc) is 3.16. The Labute approximate surface area is 202 Å². The van der Waals surface area contributed by atoms with Crippen LogP contribution in [-0.4, -0.2) is 65.3 Å². The Morgan fingerprint density at radius 3 is 2.66 bits per heavy atom. The van der Waals surface area contributed by atoms with Gasteiger partial charge in [-0.2, -0.15) is 13.5 Å². The van der Waals surface area contributed by atoms with Gasteiger partial charge in [0.05, 0.1) is 41.8 Å². The van der Waals surface area contributed by atoms with E-state index in [2.05, 4.69) is 17.6 Å². The van der Waals surface area contributed by atoms with Gasteiger partial charge in [0.15, 0.2) is 0 Å². The van der Waals surface area contributed by atoms with Gasteiger partial charge in [0, 0.05) is 30.4 Å². The number of fused-ring (bicyclic) bond motifs is 2. The minimum absolute atomic E-state index is 0.0237. The van der Waals surface area contributed by atoms with E-state index in [0.29, 0.717) is 43.9 Å². The van der Waals surface area contributed by atoms with E-state index in [0.717, 1.165) is 40.7 Å². The zero-order valence-electron chi connectivity index (χ0n) is 19.5. The molecule has 1 aliphatic heterocycles. The first kappa shape index (κ1) is 26.3. The van der Waals surface area contributed by atoms with Gasteiger partial charge in [-0.3, -0.25) is 19.3 Å². The number of unbranched alkanes of at least 4 members (excludes halogenated alkanes) is 1. The quantitative estimate of drug-likeness (QED) is 0.108. The maximum atomic E-state index is 11.6. The Balaban J connectivity index is 0.000000623. The van der Waals surface area contributed by atoms with Crippen molar-refractivity contribution in [2.75, 3.05) is 37.9 Å². The molecule has 13 heteroatoms. The lowest BCUT2D eigenvalue weighted by Crippen LogP contribution is -2.23. The highest BCUT2D eigenvalue weighted by Gasteiger charge is 2.29. The van der Waals surface area contributed by atoms with E-state index in [-0.39, 0.29) is 17.2 Å². The molecule has 0 radical (unpaired) electrons. The second-order valence-electron chi connectivity index (χ2n) is 7.92. The molecule has 12 nitrogen and oxygen atoms in total. The van der Waals surface area contributed by atoms with E-state index in [1.54, 1.807) is 6.07 Å². The Bertz CT molecular complexity index is 1300. The molecule has 0 fully saturated rings. The van der Waals surface area contributed by atoms with Crippen molar-refractivity contribution in [2.45, 2.75) is 26.3 Å². The van der Waals surface area contributed by atoms with E-state index in [4.69, 9.17) is 19.5 Å². The fraction of sp³-hybridized carbons (Fsp3) is 0.409. The summed E-state index contributed by atoms with van der Waals surface area (Å²) in [5, 5.41) is 32.5. The van der Waals surface area contributed by atoms with Crippen LogP contribution < -0.4 is 15.4 Å². The number of ether oxygens (including phenoxy) is 1. The molecule has 4 rings (SSSR count). The lowest BCUT2D eigenvalue weighted by Gasteiger charge is -2.19. The second kappa shape index (κ2) is 11.4. The molecule has 4 N–H and O–H groups in total. The number of hydrogen-bond acceptors (Lipinski definition) is 9. The minimum atomic E-state index is -3.67. The van der Waals surface area contributed by atoms with Gasteiger partial charge in [-0.25, -0.2) is 0 Å². The fourth-order valence-electron chi connectivity index (χ4n) is 3.67. The van der Waals surface area contributed by atoms with Crippen LogP contribution in [0.15, 0.2) is 30.3 Å². The molecule has 3 aromatic rings. The third-order valence-corrected chi connectivity index (χ3v) is 5.16. The van der Waals surface area contributed by atoms with Crippen LogP contribution in [0.5, 0.6) is 5.75 Å². The number of rotatable bonds is 10. The van der Waals surface area contributed by atoms with E-state index >= 15 is 0 Å². The van der Waals surface area contributed by atoms with Crippen molar-refractivity contribution in [1.82, 2.24) is 15.1 Å². The predicted molar refractivity (Wildman–Crippen MR) is 133 cm³/mol. The Kier molecular flexibility index (Phi) is 8.62. The van der Waals surface area contributed by atoms with Crippen LogP contribution in [0.25, 0.3) is 22.2 Å². The molecule has 2 heterocycles. The summed E-state index contributed by atoms with van der Waals surface area (Å²) in [5.41, 5.74) is 3.66. The van der Waals surface area contributed by atoms with Crippen LogP contribution in [0, 0.1) is 10.1 Å². The normalized spacial score (nSPS) is 11.9. The van der Waals surface area contributed by atoms with Crippen molar-refractivity contribution >= 4 is 38.1 Å². The summed E-state index contributed by atoms with van der Waals surface area (Å²) in [6, 6.07) is 8.95. The van der Waals surface area contributed by atoms with Crippen molar-refractivity contribution < 1.29 is 27.7 Å². The van der Waals surface area contributed by atoms with Gasteiger partial charge in [-0.15, -0.1) is 0 Å². The number of hydrogen-bond donors (Lipinski definition) is 4. The molecule has 0 atom stereocenters. The molecule has 0 saturated carbocycles. The Hall–Kier alpha value is -3.26. The van der Waals surface area contributed by atoms with Gasteiger partial charge >= 0.3 is 0 Å². The highest BCUT2D eigenvalue weighted by molar-refractivity contribution is 7.85. The second-order valence-corrected chi connectivity index (χ2v) is 9.39. The van der Waals surface area contributed by atoms with Crippen molar-refractivity contribution in [2.24, 2.45) is 0 Å². The SMILES string of the molecule is CCCCOc1ccc2c(c1)-c1nn(CCNCCO)c3ccc([N+](=O)[O-])c(c13)N2.CS(=O)(=O)O. The van der Waals surface area contributed by atoms with Crippen LogP contribution >= 0.6 is 0 Å². The first-order valence-electron chi connectivity index (χ1n) is 11.1. The van der Waals surface area contributed by atoms with Crippen molar-refractivity contribution in [1.29, 1.82) is 0 Å². The van der Waals surface area contributed by atoms with Gasteiger partial charge in [0.2, 0.25) is 0 Å². The van der Waals surface area contributed by atoms with Crippen LogP contribution in [0.1, 0.15) is 19.8 Å². The Morgan fingerprint density at radius 2 is 2.00 bits per heavy atom. The molecular formula is C22H29N5O7S. The zero-order valence-corrected chi connectivity index (χ0v) is 20.3. The van der Waals surface area contributed by atoms with E-state index in [9.17, 15) is 18.5 Å². The summed E-state index contributed by atoms with van der Waals surface area (Å²) in [5.74, 6) is 0.755. The number of aromatic nitrogens is 2. The maximum Gasteiger partial charge on any atom is 0.293 e. The van der Waals surface area contributed by atoms with Gasteiger partial charge in [-0.1, -0.05) is 13.3 Å². The summed E-state index contributed by atoms with van der Waals surface area (Å²) in [7, 11) is -3.67. The largest absolute Gasteiger partial charge is 0.494 e. The van der Waals surface area contributed by atoms with Crippen LogP contribution in [-0.2, 0) is 16.7 Å². The highest BCUT2D eigenvalue weighted by atomic mass is 32.2. The first-order chi connectivity index (χ1) is 16.6. The van der Waals surface area contributed by atoms with E-state index < -0.39 is 10.1 Å². The number of nitrogens with zero attached hydrogens (tertiary/aromatic N) is 3. The molecule has 190 valence electrons. The van der Waals surface area contributed by atoms with Crippen LogP contribution in [0.3, 0.4) is 0 Å². The maximum absolute atomic E-state index is 11.6. The molecule has 0 saturated heterocycles. The van der Waals surface area contributed by atoms with Gasteiger partial charge in [0.1, 0.15) is 17.1 Å². The number of aliphatic hydroxyl groups excluding tert-OH is 1. The number of anilines is 2. The highest BCUT2D eigenvalue weighted by Crippen LogP contribution is 2.47. The Morgan fingerprint density at radius 1 is 1.26 bits per heavy atom. The molecular weight excluding hydrogens is 478 g/mol. The van der Waals surface area contributed by atoms with E-state index in [1.807, 2.05) is 22.9 Å². The molecule has 0 bridgehead atoms. The van der Waals surface area contributed by atoms with Crippen LogP contribution in [0.4, 0.5) is 17.1 Å². The summed E-state index contributed by atoms with van der Waals surface area (Å²) in [6.45, 7) is 4.54. The molecule has 0 spiro atoms. The number of nitro groups is 1. The van der Waals surface area contributed by atoms with Crippen molar-refractivity contribution in [3.8, 4) is 17.0 Å². The third-order valence-electron chi connectivity index (χ3n) is 5.16.